The van der Waals surface area contributed by atoms with Crippen molar-refractivity contribution in [3.05, 3.63) is 11.9 Å². The van der Waals surface area contributed by atoms with Gasteiger partial charge in [0.1, 0.15) is 17.5 Å². The van der Waals surface area contributed by atoms with Gasteiger partial charge in [-0.15, -0.1) is 0 Å². The van der Waals surface area contributed by atoms with E-state index in [-0.39, 0.29) is 0 Å². The number of aromatic nitrogens is 2. The highest BCUT2D eigenvalue weighted by atomic mass is 15.1. The Balaban J connectivity index is 2.10. The number of nitrogens with zero attached hydrogens (tertiary/aromatic N) is 2. The van der Waals surface area contributed by atoms with Gasteiger partial charge < -0.3 is 10.6 Å². The van der Waals surface area contributed by atoms with Gasteiger partial charge in [-0.2, -0.15) is 0 Å². The first-order valence-electron chi connectivity index (χ1n) is 8.51. The number of rotatable bonds is 6. The van der Waals surface area contributed by atoms with Gasteiger partial charge in [0, 0.05) is 24.6 Å². The molecule has 1 aromatic heterocycles. The van der Waals surface area contributed by atoms with Crippen molar-refractivity contribution < 1.29 is 0 Å². The number of hydrogen-bond acceptors (Lipinski definition) is 4. The molecule has 1 heterocycles. The van der Waals surface area contributed by atoms with Gasteiger partial charge in [-0.1, -0.05) is 40.0 Å². The van der Waals surface area contributed by atoms with Crippen LogP contribution in [0.25, 0.3) is 0 Å². The third kappa shape index (κ3) is 4.58. The molecule has 2 rings (SSSR count). The Morgan fingerprint density at radius 2 is 1.95 bits per heavy atom. The van der Waals surface area contributed by atoms with E-state index in [1.165, 1.54) is 32.1 Å². The van der Waals surface area contributed by atoms with Gasteiger partial charge >= 0.3 is 0 Å². The Morgan fingerprint density at radius 1 is 1.19 bits per heavy atom. The lowest BCUT2D eigenvalue weighted by Crippen LogP contribution is -2.27. The number of hydrogen-bond donors (Lipinski definition) is 2. The maximum absolute atomic E-state index is 4.70. The summed E-state index contributed by atoms with van der Waals surface area (Å²) >= 11 is 0. The van der Waals surface area contributed by atoms with Crippen LogP contribution in [0.2, 0.25) is 0 Å². The van der Waals surface area contributed by atoms with Gasteiger partial charge in [0.2, 0.25) is 0 Å². The van der Waals surface area contributed by atoms with E-state index < -0.39 is 0 Å². The van der Waals surface area contributed by atoms with Crippen molar-refractivity contribution in [2.45, 2.75) is 71.8 Å². The molecule has 1 aliphatic carbocycles. The standard InChI is InChI=1S/C17H30N4/c1-5-13-8-7-9-14(10-13)19-16-11-15(18-6-2)20-17(21-16)12(3)4/h11-14H,5-10H2,1-4H3,(H2,18,19,20,21). The first kappa shape index (κ1) is 16.1. The second kappa shape index (κ2) is 7.62. The molecule has 0 amide bonds. The highest BCUT2D eigenvalue weighted by Gasteiger charge is 2.21. The van der Waals surface area contributed by atoms with E-state index in [0.29, 0.717) is 12.0 Å². The van der Waals surface area contributed by atoms with Crippen LogP contribution in [0.4, 0.5) is 11.6 Å². The molecule has 0 aromatic carbocycles. The number of anilines is 2. The minimum atomic E-state index is 0.346. The first-order chi connectivity index (χ1) is 10.1. The Hall–Kier alpha value is -1.32. The first-order valence-corrected chi connectivity index (χ1v) is 8.51. The summed E-state index contributed by atoms with van der Waals surface area (Å²) in [5.41, 5.74) is 0. The highest BCUT2D eigenvalue weighted by molar-refractivity contribution is 5.48. The van der Waals surface area contributed by atoms with Crippen LogP contribution in [-0.4, -0.2) is 22.6 Å². The summed E-state index contributed by atoms with van der Waals surface area (Å²) in [7, 11) is 0. The monoisotopic (exact) mass is 290 g/mol. The summed E-state index contributed by atoms with van der Waals surface area (Å²) in [4.78, 5) is 9.28. The molecule has 4 nitrogen and oxygen atoms in total. The van der Waals surface area contributed by atoms with Crippen molar-refractivity contribution in [2.75, 3.05) is 17.2 Å². The van der Waals surface area contributed by atoms with Crippen LogP contribution in [0, 0.1) is 5.92 Å². The summed E-state index contributed by atoms with van der Waals surface area (Å²) in [5.74, 6) is 4.04. The molecular weight excluding hydrogens is 260 g/mol. The SMILES string of the molecule is CCNc1cc(NC2CCCC(CC)C2)nc(C(C)C)n1. The Bertz CT molecular complexity index is 444. The van der Waals surface area contributed by atoms with Gasteiger partial charge in [0.15, 0.2) is 0 Å². The summed E-state index contributed by atoms with van der Waals surface area (Å²) in [5, 5.41) is 6.96. The van der Waals surface area contributed by atoms with E-state index in [9.17, 15) is 0 Å². The molecule has 1 aromatic rings. The zero-order valence-corrected chi connectivity index (χ0v) is 13.9. The summed E-state index contributed by atoms with van der Waals surface area (Å²) in [6, 6.07) is 2.61. The lowest BCUT2D eigenvalue weighted by atomic mass is 9.84. The van der Waals surface area contributed by atoms with Gasteiger partial charge in [0.25, 0.3) is 0 Å². The lowest BCUT2D eigenvalue weighted by molar-refractivity contribution is 0.327. The minimum absolute atomic E-state index is 0.346. The summed E-state index contributed by atoms with van der Waals surface area (Å²) in [6.07, 6.45) is 6.54. The minimum Gasteiger partial charge on any atom is -0.370 e. The quantitative estimate of drug-likeness (QED) is 0.814. The fourth-order valence-corrected chi connectivity index (χ4v) is 3.07. The molecule has 2 N–H and O–H groups in total. The highest BCUT2D eigenvalue weighted by Crippen LogP contribution is 2.29. The fraction of sp³-hybridized carbons (Fsp3) is 0.765. The van der Waals surface area contributed by atoms with E-state index >= 15 is 0 Å². The molecule has 1 aliphatic rings. The van der Waals surface area contributed by atoms with E-state index in [0.717, 1.165) is 29.9 Å². The van der Waals surface area contributed by atoms with E-state index in [4.69, 9.17) is 4.98 Å². The molecule has 0 aliphatic heterocycles. The molecule has 0 bridgehead atoms. The van der Waals surface area contributed by atoms with Crippen LogP contribution >= 0.6 is 0 Å². The molecule has 4 heteroatoms. The smallest absolute Gasteiger partial charge is 0.135 e. The molecule has 1 saturated carbocycles. The van der Waals surface area contributed by atoms with Gasteiger partial charge in [0.05, 0.1) is 0 Å². The molecule has 118 valence electrons. The van der Waals surface area contributed by atoms with Gasteiger partial charge in [-0.05, 0) is 25.7 Å². The molecule has 2 atom stereocenters. The van der Waals surface area contributed by atoms with Crippen molar-refractivity contribution in [1.82, 2.24) is 9.97 Å². The van der Waals surface area contributed by atoms with Crippen molar-refractivity contribution in [3.8, 4) is 0 Å². The van der Waals surface area contributed by atoms with Crippen LogP contribution in [-0.2, 0) is 0 Å². The normalized spacial score (nSPS) is 22.3. The summed E-state index contributed by atoms with van der Waals surface area (Å²) < 4.78 is 0. The largest absolute Gasteiger partial charge is 0.370 e. The van der Waals surface area contributed by atoms with E-state index in [1.807, 2.05) is 6.07 Å². The predicted molar refractivity (Wildman–Crippen MR) is 89.9 cm³/mol. The topological polar surface area (TPSA) is 49.8 Å². The average Bonchev–Trinajstić information content (AvgIpc) is 2.47. The van der Waals surface area contributed by atoms with Crippen LogP contribution < -0.4 is 10.6 Å². The molecule has 21 heavy (non-hydrogen) atoms. The second-order valence-corrected chi connectivity index (χ2v) is 6.46. The molecular formula is C17H30N4. The fourth-order valence-electron chi connectivity index (χ4n) is 3.07. The van der Waals surface area contributed by atoms with Crippen molar-refractivity contribution >= 4 is 11.6 Å². The maximum Gasteiger partial charge on any atom is 0.135 e. The van der Waals surface area contributed by atoms with Crippen molar-refractivity contribution in [3.63, 3.8) is 0 Å². The maximum atomic E-state index is 4.70. The Morgan fingerprint density at radius 3 is 2.62 bits per heavy atom. The molecule has 0 saturated heterocycles. The Labute approximate surface area is 129 Å². The van der Waals surface area contributed by atoms with Crippen molar-refractivity contribution in [2.24, 2.45) is 5.92 Å². The van der Waals surface area contributed by atoms with Crippen LogP contribution in [0.5, 0.6) is 0 Å². The third-order valence-electron chi connectivity index (χ3n) is 4.33. The van der Waals surface area contributed by atoms with Gasteiger partial charge in [-0.3, -0.25) is 0 Å². The third-order valence-corrected chi connectivity index (χ3v) is 4.33. The molecule has 1 fully saturated rings. The lowest BCUT2D eigenvalue weighted by Gasteiger charge is -2.29. The predicted octanol–water partition coefficient (Wildman–Crippen LogP) is 4.41. The molecule has 0 spiro atoms. The zero-order chi connectivity index (χ0) is 15.2. The molecule has 0 radical (unpaired) electrons. The van der Waals surface area contributed by atoms with E-state index in [1.54, 1.807) is 0 Å². The van der Waals surface area contributed by atoms with Crippen LogP contribution in [0.1, 0.15) is 71.5 Å². The molecule has 2 unspecified atom stereocenters. The van der Waals surface area contributed by atoms with Crippen LogP contribution in [0.15, 0.2) is 6.07 Å². The Kier molecular flexibility index (Phi) is 5.83. The van der Waals surface area contributed by atoms with E-state index in [2.05, 4.69) is 43.3 Å². The van der Waals surface area contributed by atoms with Gasteiger partial charge in [-0.25, -0.2) is 9.97 Å². The average molecular weight is 290 g/mol. The summed E-state index contributed by atoms with van der Waals surface area (Å²) in [6.45, 7) is 9.57. The second-order valence-electron chi connectivity index (χ2n) is 6.46. The zero-order valence-electron chi connectivity index (χ0n) is 13.9. The van der Waals surface area contributed by atoms with Crippen molar-refractivity contribution in [1.29, 1.82) is 0 Å². The van der Waals surface area contributed by atoms with Crippen LogP contribution in [0.3, 0.4) is 0 Å². The number of nitrogens with one attached hydrogen (secondary N) is 2.